The van der Waals surface area contributed by atoms with Gasteiger partial charge in [0.05, 0.1) is 0 Å². The molecule has 0 heteroatoms. The van der Waals surface area contributed by atoms with E-state index in [0.717, 1.165) is 6.42 Å². The molecule has 0 aliphatic rings. The SMILES string of the molecule is C/C=C(\C=CCCC)CC. The van der Waals surface area contributed by atoms with Crippen molar-refractivity contribution in [3.63, 3.8) is 0 Å². The van der Waals surface area contributed by atoms with E-state index in [1.54, 1.807) is 0 Å². The molecule has 0 heterocycles. The predicted molar refractivity (Wildman–Crippen MR) is 48.1 cm³/mol. The van der Waals surface area contributed by atoms with Gasteiger partial charge in [0.2, 0.25) is 0 Å². The fourth-order valence-electron chi connectivity index (χ4n) is 0.820. The summed E-state index contributed by atoms with van der Waals surface area (Å²) in [4.78, 5) is 0. The van der Waals surface area contributed by atoms with E-state index < -0.39 is 0 Å². The van der Waals surface area contributed by atoms with Gasteiger partial charge in [0, 0.05) is 0 Å². The Hall–Kier alpha value is -0.520. The van der Waals surface area contributed by atoms with Gasteiger partial charge in [-0.05, 0) is 19.8 Å². The number of hydrogen-bond acceptors (Lipinski definition) is 0. The standard InChI is InChI=1S/C10H18/c1-4-7-8-9-10(5-2)6-3/h5,8-9H,4,6-7H2,1-3H3/b9-8?,10-5-. The fraction of sp³-hybridized carbons (Fsp3) is 0.600. The molecule has 0 rings (SSSR count). The van der Waals surface area contributed by atoms with Crippen LogP contribution in [-0.2, 0) is 0 Å². The Morgan fingerprint density at radius 1 is 1.30 bits per heavy atom. The lowest BCUT2D eigenvalue weighted by molar-refractivity contribution is 0.955. The first kappa shape index (κ1) is 9.48. The molecule has 10 heavy (non-hydrogen) atoms. The summed E-state index contributed by atoms with van der Waals surface area (Å²) in [6.45, 7) is 6.48. The Bertz CT molecular complexity index is 118. The first-order valence-corrected chi connectivity index (χ1v) is 4.16. The smallest absolute Gasteiger partial charge is 0.0311 e. The van der Waals surface area contributed by atoms with Crippen LogP contribution in [-0.4, -0.2) is 0 Å². The molecule has 0 saturated carbocycles. The van der Waals surface area contributed by atoms with E-state index in [1.165, 1.54) is 18.4 Å². The van der Waals surface area contributed by atoms with E-state index in [1.807, 2.05) is 0 Å². The van der Waals surface area contributed by atoms with Crippen LogP contribution in [0.25, 0.3) is 0 Å². The number of unbranched alkanes of at least 4 members (excludes halogenated alkanes) is 1. The lowest BCUT2D eigenvalue weighted by Gasteiger charge is -1.92. The maximum atomic E-state index is 2.25. The van der Waals surface area contributed by atoms with Crippen molar-refractivity contribution in [2.75, 3.05) is 0 Å². The highest BCUT2D eigenvalue weighted by molar-refractivity contribution is 5.16. The van der Waals surface area contributed by atoms with Gasteiger partial charge in [0.15, 0.2) is 0 Å². The molecule has 0 nitrogen and oxygen atoms in total. The molecule has 0 aromatic rings. The lowest BCUT2D eigenvalue weighted by atomic mass is 10.1. The van der Waals surface area contributed by atoms with Crippen molar-refractivity contribution >= 4 is 0 Å². The van der Waals surface area contributed by atoms with Crippen LogP contribution in [0.3, 0.4) is 0 Å². The number of hydrogen-bond donors (Lipinski definition) is 0. The van der Waals surface area contributed by atoms with Crippen LogP contribution in [0, 0.1) is 0 Å². The van der Waals surface area contributed by atoms with Crippen LogP contribution in [0.15, 0.2) is 23.8 Å². The van der Waals surface area contributed by atoms with E-state index in [0.29, 0.717) is 0 Å². The van der Waals surface area contributed by atoms with Gasteiger partial charge in [-0.2, -0.15) is 0 Å². The normalized spacial score (nSPS) is 12.9. The van der Waals surface area contributed by atoms with Gasteiger partial charge in [-0.15, -0.1) is 0 Å². The second-order valence-electron chi connectivity index (χ2n) is 2.41. The minimum atomic E-state index is 1.15. The highest BCUT2D eigenvalue weighted by atomic mass is 13.9. The van der Waals surface area contributed by atoms with Crippen molar-refractivity contribution in [2.45, 2.75) is 40.0 Å². The zero-order valence-corrected chi connectivity index (χ0v) is 7.35. The highest BCUT2D eigenvalue weighted by Gasteiger charge is 1.82. The van der Waals surface area contributed by atoms with E-state index in [2.05, 4.69) is 39.0 Å². The summed E-state index contributed by atoms with van der Waals surface area (Å²) in [5.41, 5.74) is 1.44. The number of rotatable bonds is 4. The fourth-order valence-corrected chi connectivity index (χ4v) is 0.820. The van der Waals surface area contributed by atoms with E-state index in [-0.39, 0.29) is 0 Å². The molecule has 0 bridgehead atoms. The van der Waals surface area contributed by atoms with Crippen molar-refractivity contribution in [3.05, 3.63) is 23.8 Å². The molecule has 0 saturated heterocycles. The summed E-state index contributed by atoms with van der Waals surface area (Å²) in [5, 5.41) is 0. The Morgan fingerprint density at radius 2 is 2.00 bits per heavy atom. The zero-order valence-electron chi connectivity index (χ0n) is 7.35. The van der Waals surface area contributed by atoms with Gasteiger partial charge >= 0.3 is 0 Å². The lowest BCUT2D eigenvalue weighted by Crippen LogP contribution is -1.71. The predicted octanol–water partition coefficient (Wildman–Crippen LogP) is 3.70. The first-order chi connectivity index (χ1) is 4.85. The molecule has 58 valence electrons. The first-order valence-electron chi connectivity index (χ1n) is 4.16. The minimum Gasteiger partial charge on any atom is -0.0845 e. The average molecular weight is 138 g/mol. The zero-order chi connectivity index (χ0) is 7.82. The quantitative estimate of drug-likeness (QED) is 0.520. The molecule has 0 amide bonds. The van der Waals surface area contributed by atoms with Crippen molar-refractivity contribution in [1.29, 1.82) is 0 Å². The summed E-state index contributed by atoms with van der Waals surface area (Å²) in [6, 6.07) is 0. The molecule has 0 atom stereocenters. The summed E-state index contributed by atoms with van der Waals surface area (Å²) in [5.74, 6) is 0. The Labute approximate surface area is 64.6 Å². The topological polar surface area (TPSA) is 0 Å². The summed E-state index contributed by atoms with van der Waals surface area (Å²) in [6.07, 6.45) is 10.2. The molecule has 0 aliphatic carbocycles. The largest absolute Gasteiger partial charge is 0.0845 e. The molecule has 0 N–H and O–H groups in total. The van der Waals surface area contributed by atoms with Crippen LogP contribution >= 0.6 is 0 Å². The molecule has 0 spiro atoms. The summed E-state index contributed by atoms with van der Waals surface area (Å²) >= 11 is 0. The summed E-state index contributed by atoms with van der Waals surface area (Å²) < 4.78 is 0. The molecule has 0 aromatic carbocycles. The molecule has 0 radical (unpaired) electrons. The summed E-state index contributed by atoms with van der Waals surface area (Å²) in [7, 11) is 0. The highest BCUT2D eigenvalue weighted by Crippen LogP contribution is 2.02. The van der Waals surface area contributed by atoms with Crippen LogP contribution < -0.4 is 0 Å². The third-order valence-corrected chi connectivity index (χ3v) is 1.57. The van der Waals surface area contributed by atoms with Gasteiger partial charge in [0.25, 0.3) is 0 Å². The molecule has 0 unspecified atom stereocenters. The van der Waals surface area contributed by atoms with Crippen LogP contribution in [0.5, 0.6) is 0 Å². The minimum absolute atomic E-state index is 1.15. The van der Waals surface area contributed by atoms with E-state index in [4.69, 9.17) is 0 Å². The number of allylic oxidation sites excluding steroid dienone is 4. The van der Waals surface area contributed by atoms with Crippen LogP contribution in [0.1, 0.15) is 40.0 Å². The van der Waals surface area contributed by atoms with Gasteiger partial charge in [-0.3, -0.25) is 0 Å². The Kier molecular flexibility index (Phi) is 6.25. The van der Waals surface area contributed by atoms with Crippen molar-refractivity contribution in [1.82, 2.24) is 0 Å². The van der Waals surface area contributed by atoms with Gasteiger partial charge in [-0.1, -0.05) is 44.1 Å². The Balaban J connectivity index is 3.63. The third kappa shape index (κ3) is 4.37. The average Bonchev–Trinajstić information content (AvgIpc) is 1.99. The van der Waals surface area contributed by atoms with Crippen LogP contribution in [0.4, 0.5) is 0 Å². The van der Waals surface area contributed by atoms with Gasteiger partial charge in [0.1, 0.15) is 0 Å². The maximum Gasteiger partial charge on any atom is -0.0311 e. The second-order valence-corrected chi connectivity index (χ2v) is 2.41. The van der Waals surface area contributed by atoms with Gasteiger partial charge in [-0.25, -0.2) is 0 Å². The molecular weight excluding hydrogens is 120 g/mol. The Morgan fingerprint density at radius 3 is 2.40 bits per heavy atom. The third-order valence-electron chi connectivity index (χ3n) is 1.57. The van der Waals surface area contributed by atoms with Gasteiger partial charge < -0.3 is 0 Å². The van der Waals surface area contributed by atoms with Crippen molar-refractivity contribution < 1.29 is 0 Å². The molecule has 0 aromatic heterocycles. The van der Waals surface area contributed by atoms with Crippen molar-refractivity contribution in [3.8, 4) is 0 Å². The molecule has 0 aliphatic heterocycles. The van der Waals surface area contributed by atoms with Crippen LogP contribution in [0.2, 0.25) is 0 Å². The second kappa shape index (κ2) is 6.60. The van der Waals surface area contributed by atoms with Crippen molar-refractivity contribution in [2.24, 2.45) is 0 Å². The molecular formula is C10H18. The van der Waals surface area contributed by atoms with E-state index in [9.17, 15) is 0 Å². The monoisotopic (exact) mass is 138 g/mol. The van der Waals surface area contributed by atoms with E-state index >= 15 is 0 Å². The molecule has 0 fully saturated rings. The maximum absolute atomic E-state index is 2.25.